The first-order valence-corrected chi connectivity index (χ1v) is 11.7. The molecule has 4 aromatic rings. The minimum atomic E-state index is -0.106. The highest BCUT2D eigenvalue weighted by Gasteiger charge is 2.24. The average Bonchev–Trinajstić information content (AvgIpc) is 2.83. The fraction of sp³-hybridized carbons (Fsp3) is 0.214. The minimum absolute atomic E-state index is 0.106. The van der Waals surface area contributed by atoms with Crippen LogP contribution in [0.5, 0.6) is 0 Å². The van der Waals surface area contributed by atoms with Crippen molar-refractivity contribution in [3.8, 4) is 22.9 Å². The van der Waals surface area contributed by atoms with Gasteiger partial charge < -0.3 is 9.64 Å². The summed E-state index contributed by atoms with van der Waals surface area (Å²) in [6.45, 7) is 5.67. The lowest BCUT2D eigenvalue weighted by Crippen LogP contribution is -2.45. The van der Waals surface area contributed by atoms with Crippen molar-refractivity contribution in [3.63, 3.8) is 0 Å². The Morgan fingerprint density at radius 3 is 2.38 bits per heavy atom. The van der Waals surface area contributed by atoms with E-state index in [1.807, 2.05) is 54.6 Å². The SMILES string of the molecule is C[C@@H]1CN(c2ccc(-n3ccc4c(-c5ccc(C#N)cc5)cccc4c3=O)cc2Cl)C[C@H](C)O1. The molecule has 0 aliphatic carbocycles. The summed E-state index contributed by atoms with van der Waals surface area (Å²) in [4.78, 5) is 15.7. The first kappa shape index (κ1) is 22.2. The normalized spacial score (nSPS) is 18.1. The van der Waals surface area contributed by atoms with Gasteiger partial charge in [-0.25, -0.2) is 0 Å². The summed E-state index contributed by atoms with van der Waals surface area (Å²) in [5, 5.41) is 11.2. The summed E-state index contributed by atoms with van der Waals surface area (Å²) < 4.78 is 7.47. The van der Waals surface area contributed by atoms with E-state index < -0.39 is 0 Å². The summed E-state index contributed by atoms with van der Waals surface area (Å²) in [6, 6.07) is 23.0. The summed E-state index contributed by atoms with van der Waals surface area (Å²) in [7, 11) is 0. The lowest BCUT2D eigenvalue weighted by Gasteiger charge is -2.37. The van der Waals surface area contributed by atoms with Gasteiger partial charge in [-0.2, -0.15) is 5.26 Å². The molecule has 0 N–H and O–H groups in total. The molecule has 1 aromatic heterocycles. The van der Waals surface area contributed by atoms with Crippen LogP contribution in [0.25, 0.3) is 27.6 Å². The van der Waals surface area contributed by atoms with Crippen molar-refractivity contribution in [3.05, 3.63) is 93.9 Å². The summed E-state index contributed by atoms with van der Waals surface area (Å²) in [5.41, 5.74) is 4.08. The number of halogens is 1. The average molecular weight is 470 g/mol. The lowest BCUT2D eigenvalue weighted by molar-refractivity contribution is -0.00520. The smallest absolute Gasteiger partial charge is 0.262 e. The third kappa shape index (κ3) is 4.07. The molecule has 2 atom stereocenters. The third-order valence-corrected chi connectivity index (χ3v) is 6.54. The Bertz CT molecular complexity index is 1460. The van der Waals surface area contributed by atoms with Crippen molar-refractivity contribution in [2.45, 2.75) is 26.1 Å². The van der Waals surface area contributed by atoms with Gasteiger partial charge in [0.1, 0.15) is 0 Å². The number of hydrogen-bond acceptors (Lipinski definition) is 4. The quantitative estimate of drug-likeness (QED) is 0.380. The molecule has 0 amide bonds. The predicted octanol–water partition coefficient (Wildman–Crippen LogP) is 5.80. The van der Waals surface area contributed by atoms with Crippen LogP contribution in [-0.2, 0) is 4.74 Å². The van der Waals surface area contributed by atoms with Gasteiger partial charge in [0.05, 0.1) is 40.2 Å². The van der Waals surface area contributed by atoms with E-state index in [1.54, 1.807) is 22.9 Å². The number of aromatic nitrogens is 1. The molecule has 0 bridgehead atoms. The molecule has 1 aliphatic heterocycles. The molecule has 34 heavy (non-hydrogen) atoms. The Balaban J connectivity index is 1.53. The summed E-state index contributed by atoms with van der Waals surface area (Å²) in [5.74, 6) is 0. The molecule has 0 radical (unpaired) electrons. The van der Waals surface area contributed by atoms with Crippen LogP contribution >= 0.6 is 11.6 Å². The second kappa shape index (κ2) is 8.98. The van der Waals surface area contributed by atoms with Crippen molar-refractivity contribution in [1.29, 1.82) is 5.26 Å². The van der Waals surface area contributed by atoms with E-state index in [0.29, 0.717) is 16.0 Å². The third-order valence-electron chi connectivity index (χ3n) is 6.24. The van der Waals surface area contributed by atoms with Crippen molar-refractivity contribution in [1.82, 2.24) is 4.57 Å². The van der Waals surface area contributed by atoms with Crippen molar-refractivity contribution in [2.24, 2.45) is 0 Å². The topological polar surface area (TPSA) is 58.3 Å². The molecule has 1 saturated heterocycles. The molecule has 1 fully saturated rings. The first-order chi connectivity index (χ1) is 16.4. The van der Waals surface area contributed by atoms with Crippen LogP contribution in [0, 0.1) is 11.3 Å². The molecule has 3 aromatic carbocycles. The fourth-order valence-electron chi connectivity index (χ4n) is 4.73. The van der Waals surface area contributed by atoms with Crippen LogP contribution in [0.3, 0.4) is 0 Å². The van der Waals surface area contributed by atoms with Gasteiger partial charge in [-0.15, -0.1) is 0 Å². The second-order valence-electron chi connectivity index (χ2n) is 8.74. The zero-order chi connectivity index (χ0) is 23.8. The number of rotatable bonds is 3. The molecule has 6 heteroatoms. The van der Waals surface area contributed by atoms with E-state index in [1.165, 1.54) is 0 Å². The number of nitrogens with zero attached hydrogens (tertiary/aromatic N) is 3. The number of hydrogen-bond donors (Lipinski definition) is 0. The zero-order valence-electron chi connectivity index (χ0n) is 19.0. The van der Waals surface area contributed by atoms with Crippen LogP contribution in [0.2, 0.25) is 5.02 Å². The number of morpholine rings is 1. The van der Waals surface area contributed by atoms with Crippen LogP contribution in [-0.4, -0.2) is 29.9 Å². The second-order valence-corrected chi connectivity index (χ2v) is 9.15. The Morgan fingerprint density at radius 2 is 1.71 bits per heavy atom. The van der Waals surface area contributed by atoms with Crippen molar-refractivity contribution < 1.29 is 4.74 Å². The van der Waals surface area contributed by atoms with Gasteiger partial charge in [-0.3, -0.25) is 9.36 Å². The van der Waals surface area contributed by atoms with E-state index in [-0.39, 0.29) is 17.8 Å². The highest BCUT2D eigenvalue weighted by atomic mass is 35.5. The van der Waals surface area contributed by atoms with E-state index >= 15 is 0 Å². The van der Waals surface area contributed by atoms with E-state index in [9.17, 15) is 4.79 Å². The molecule has 0 spiro atoms. The van der Waals surface area contributed by atoms with Gasteiger partial charge in [-0.1, -0.05) is 35.9 Å². The number of nitriles is 1. The van der Waals surface area contributed by atoms with E-state index in [0.717, 1.165) is 41.0 Å². The fourth-order valence-corrected chi connectivity index (χ4v) is 5.03. The van der Waals surface area contributed by atoms with E-state index in [2.05, 4.69) is 24.8 Å². The molecule has 5 rings (SSSR count). The molecular formula is C28H24ClN3O2. The maximum absolute atomic E-state index is 13.4. The standard InChI is InChI=1S/C28H24ClN3O2/c1-18-16-31(17-19(2)34-18)27-11-10-22(14-26(27)29)32-13-12-24-23(4-3-5-25(24)28(32)33)21-8-6-20(15-30)7-9-21/h3-14,18-19H,16-17H2,1-2H3/t18-,19+. The predicted molar refractivity (Wildman–Crippen MR) is 137 cm³/mol. The summed E-state index contributed by atoms with van der Waals surface area (Å²) >= 11 is 6.69. The molecular weight excluding hydrogens is 446 g/mol. The van der Waals surface area contributed by atoms with Gasteiger partial charge in [0.2, 0.25) is 0 Å². The molecule has 1 aliphatic rings. The largest absolute Gasteiger partial charge is 0.372 e. The Labute approximate surface area is 203 Å². The molecule has 170 valence electrons. The number of pyridine rings is 1. The molecule has 0 saturated carbocycles. The number of ether oxygens (including phenoxy) is 1. The van der Waals surface area contributed by atoms with Crippen LogP contribution in [0.15, 0.2) is 77.7 Å². The highest BCUT2D eigenvalue weighted by molar-refractivity contribution is 6.33. The molecule has 0 unspecified atom stereocenters. The number of fused-ring (bicyclic) bond motifs is 1. The zero-order valence-corrected chi connectivity index (χ0v) is 19.8. The van der Waals surface area contributed by atoms with Crippen molar-refractivity contribution in [2.75, 3.05) is 18.0 Å². The van der Waals surface area contributed by atoms with Gasteiger partial charge in [-0.05, 0) is 72.8 Å². The maximum Gasteiger partial charge on any atom is 0.262 e. The Hall–Kier alpha value is -3.59. The summed E-state index contributed by atoms with van der Waals surface area (Å²) in [6.07, 6.45) is 2.06. The molecule has 2 heterocycles. The lowest BCUT2D eigenvalue weighted by atomic mass is 9.98. The highest BCUT2D eigenvalue weighted by Crippen LogP contribution is 2.31. The Morgan fingerprint density at radius 1 is 0.971 bits per heavy atom. The van der Waals surface area contributed by atoms with Crippen molar-refractivity contribution >= 4 is 28.1 Å². The van der Waals surface area contributed by atoms with Gasteiger partial charge >= 0.3 is 0 Å². The van der Waals surface area contributed by atoms with E-state index in [4.69, 9.17) is 21.6 Å². The van der Waals surface area contributed by atoms with Gasteiger partial charge in [0.25, 0.3) is 5.56 Å². The van der Waals surface area contributed by atoms with Crippen LogP contribution in [0.1, 0.15) is 19.4 Å². The first-order valence-electron chi connectivity index (χ1n) is 11.3. The monoisotopic (exact) mass is 469 g/mol. The minimum Gasteiger partial charge on any atom is -0.372 e. The molecule has 5 nitrogen and oxygen atoms in total. The van der Waals surface area contributed by atoms with Gasteiger partial charge in [0, 0.05) is 24.7 Å². The van der Waals surface area contributed by atoms with Crippen LogP contribution in [0.4, 0.5) is 5.69 Å². The van der Waals surface area contributed by atoms with Gasteiger partial charge in [0.15, 0.2) is 0 Å². The maximum atomic E-state index is 13.4. The Kier molecular flexibility index (Phi) is 5.87. The number of anilines is 1. The van der Waals surface area contributed by atoms with Crippen LogP contribution < -0.4 is 10.5 Å². The number of benzene rings is 3.